The molecule has 4 aromatic rings. The number of nitrogens with one attached hydrogen (secondary N) is 1. The molecular formula is C26H24BrN5O4S. The van der Waals surface area contributed by atoms with Gasteiger partial charge in [-0.15, -0.1) is 17.0 Å². The van der Waals surface area contributed by atoms with Crippen LogP contribution in [0.4, 0.5) is 5.69 Å². The number of hydrogen-bond acceptors (Lipinski definition) is 8. The predicted octanol–water partition coefficient (Wildman–Crippen LogP) is 3.86. The summed E-state index contributed by atoms with van der Waals surface area (Å²) < 4.78 is 6.49. The molecule has 0 bridgehead atoms. The van der Waals surface area contributed by atoms with Gasteiger partial charge in [-0.05, 0) is 54.4 Å². The maximum Gasteiger partial charge on any atom is 0.338 e. The van der Waals surface area contributed by atoms with Crippen LogP contribution in [0.1, 0.15) is 38.1 Å². The average Bonchev–Trinajstić information content (AvgIpc) is 2.90. The molecule has 1 amide bonds. The lowest BCUT2D eigenvalue weighted by atomic mass is 10.2. The van der Waals surface area contributed by atoms with Gasteiger partial charge in [-0.3, -0.25) is 29.1 Å². The standard InChI is InChI=1S/C26H23N5O4S.BrH/c1-2-35-25(34)20-7-9-21(10-8-20)30-24(33)22-13-23(32)31(17-19-6-4-12-28-15-19)26(36-22)29-16-18-5-3-11-27-14-18;/h3-15H,2,16-17H2,1H3,(H,30,33);1H. The average molecular weight is 582 g/mol. The number of hydrogen-bond donors (Lipinski definition) is 1. The van der Waals surface area contributed by atoms with E-state index in [4.69, 9.17) is 4.74 Å². The van der Waals surface area contributed by atoms with Crippen molar-refractivity contribution in [2.45, 2.75) is 20.0 Å². The molecule has 0 aliphatic rings. The van der Waals surface area contributed by atoms with Gasteiger partial charge in [-0.25, -0.2) is 4.79 Å². The molecule has 9 nitrogen and oxygen atoms in total. The summed E-state index contributed by atoms with van der Waals surface area (Å²) in [6.45, 7) is 2.58. The van der Waals surface area contributed by atoms with Gasteiger partial charge in [0, 0.05) is 36.5 Å². The van der Waals surface area contributed by atoms with E-state index in [1.165, 1.54) is 10.6 Å². The Bertz CT molecular complexity index is 1470. The Labute approximate surface area is 227 Å². The quantitative estimate of drug-likeness (QED) is 0.316. The summed E-state index contributed by atoms with van der Waals surface area (Å²) in [4.78, 5) is 51.3. The highest BCUT2D eigenvalue weighted by Gasteiger charge is 2.13. The number of carbonyl (C=O) groups excluding carboxylic acids is 2. The lowest BCUT2D eigenvalue weighted by molar-refractivity contribution is 0.0526. The number of amides is 1. The fourth-order valence-corrected chi connectivity index (χ4v) is 4.16. The van der Waals surface area contributed by atoms with E-state index in [0.29, 0.717) is 22.6 Å². The highest BCUT2D eigenvalue weighted by atomic mass is 79.9. The molecule has 3 aromatic heterocycles. The summed E-state index contributed by atoms with van der Waals surface area (Å²) in [5.41, 5.74) is 2.22. The van der Waals surface area contributed by atoms with Crippen LogP contribution in [0.15, 0.2) is 89.2 Å². The van der Waals surface area contributed by atoms with Crippen molar-refractivity contribution in [2.75, 3.05) is 11.9 Å². The van der Waals surface area contributed by atoms with Gasteiger partial charge < -0.3 is 10.1 Å². The van der Waals surface area contributed by atoms with Crippen molar-refractivity contribution >= 4 is 45.9 Å². The molecule has 0 aliphatic heterocycles. The Morgan fingerprint density at radius 2 is 1.70 bits per heavy atom. The van der Waals surface area contributed by atoms with Crippen LogP contribution in [0.3, 0.4) is 0 Å². The third-order valence-electron chi connectivity index (χ3n) is 5.01. The normalized spacial score (nSPS) is 10.9. The van der Waals surface area contributed by atoms with Crippen LogP contribution in [-0.4, -0.2) is 33.0 Å². The molecule has 0 saturated carbocycles. The molecule has 11 heteroatoms. The zero-order chi connectivity index (χ0) is 25.3. The Morgan fingerprint density at radius 1 is 1.03 bits per heavy atom. The molecule has 190 valence electrons. The van der Waals surface area contributed by atoms with E-state index in [9.17, 15) is 14.4 Å². The third-order valence-corrected chi connectivity index (χ3v) is 6.07. The van der Waals surface area contributed by atoms with Crippen molar-refractivity contribution in [1.82, 2.24) is 14.5 Å². The molecule has 1 aromatic carbocycles. The molecule has 4 rings (SSSR count). The Morgan fingerprint density at radius 3 is 2.32 bits per heavy atom. The van der Waals surface area contributed by atoms with Crippen LogP contribution < -0.4 is 15.7 Å². The molecule has 0 atom stereocenters. The minimum absolute atomic E-state index is 0. The molecule has 0 fully saturated rings. The Kier molecular flexibility index (Phi) is 9.99. The van der Waals surface area contributed by atoms with E-state index in [0.717, 1.165) is 22.5 Å². The van der Waals surface area contributed by atoms with Crippen molar-refractivity contribution in [3.05, 3.63) is 116 Å². The second-order valence-electron chi connectivity index (χ2n) is 7.61. The lowest BCUT2D eigenvalue weighted by Crippen LogP contribution is -2.33. The first kappa shape index (κ1) is 27.6. The highest BCUT2D eigenvalue weighted by Crippen LogP contribution is 2.13. The second-order valence-corrected chi connectivity index (χ2v) is 8.62. The van der Waals surface area contributed by atoms with Crippen molar-refractivity contribution in [2.24, 2.45) is 4.99 Å². The van der Waals surface area contributed by atoms with Crippen molar-refractivity contribution in [3.63, 3.8) is 0 Å². The number of carbonyl (C=O) groups is 2. The summed E-state index contributed by atoms with van der Waals surface area (Å²) in [6, 6.07) is 15.0. The minimum Gasteiger partial charge on any atom is -0.462 e. The molecular weight excluding hydrogens is 558 g/mol. The van der Waals surface area contributed by atoms with Crippen LogP contribution in [-0.2, 0) is 17.8 Å². The van der Waals surface area contributed by atoms with Crippen LogP contribution in [0.2, 0.25) is 0 Å². The van der Waals surface area contributed by atoms with Crippen molar-refractivity contribution in [3.8, 4) is 0 Å². The van der Waals surface area contributed by atoms with Gasteiger partial charge in [0.15, 0.2) is 4.80 Å². The number of aromatic nitrogens is 3. The maximum absolute atomic E-state index is 13.1. The minimum atomic E-state index is -0.452. The monoisotopic (exact) mass is 581 g/mol. The molecule has 0 spiro atoms. The molecule has 0 aliphatic carbocycles. The number of rotatable bonds is 8. The van der Waals surface area contributed by atoms with Crippen LogP contribution in [0.25, 0.3) is 0 Å². The number of anilines is 1. The fraction of sp³-hybridized carbons (Fsp3) is 0.154. The van der Waals surface area contributed by atoms with Gasteiger partial charge in [-0.2, -0.15) is 0 Å². The number of halogens is 1. The second kappa shape index (κ2) is 13.4. The summed E-state index contributed by atoms with van der Waals surface area (Å²) in [7, 11) is 0. The number of nitrogens with zero attached hydrogens (tertiary/aromatic N) is 4. The first-order valence-corrected chi connectivity index (χ1v) is 12.0. The van der Waals surface area contributed by atoms with E-state index < -0.39 is 11.9 Å². The van der Waals surface area contributed by atoms with Crippen molar-refractivity contribution < 1.29 is 14.3 Å². The summed E-state index contributed by atoms with van der Waals surface area (Å²) in [5, 5.41) is 2.76. The summed E-state index contributed by atoms with van der Waals surface area (Å²) in [6.07, 6.45) is 6.72. The number of pyridine rings is 2. The first-order chi connectivity index (χ1) is 17.5. The van der Waals surface area contributed by atoms with E-state index >= 15 is 0 Å². The van der Waals surface area contributed by atoms with Crippen LogP contribution in [0, 0.1) is 0 Å². The topological polar surface area (TPSA) is 116 Å². The summed E-state index contributed by atoms with van der Waals surface area (Å²) in [5.74, 6) is -0.887. The molecule has 1 N–H and O–H groups in total. The molecule has 0 radical (unpaired) electrons. The number of ether oxygens (including phenoxy) is 1. The van der Waals surface area contributed by atoms with E-state index in [1.807, 2.05) is 18.2 Å². The predicted molar refractivity (Wildman–Crippen MR) is 146 cm³/mol. The van der Waals surface area contributed by atoms with E-state index in [2.05, 4.69) is 20.3 Å². The Hall–Kier alpha value is -3.96. The van der Waals surface area contributed by atoms with Gasteiger partial charge in [0.2, 0.25) is 0 Å². The first-order valence-electron chi connectivity index (χ1n) is 11.2. The number of benzene rings is 1. The van der Waals surface area contributed by atoms with Gasteiger partial charge in [0.1, 0.15) is 4.88 Å². The Balaban J connectivity index is 0.00000380. The molecule has 0 unspecified atom stereocenters. The van der Waals surface area contributed by atoms with Gasteiger partial charge in [-0.1, -0.05) is 23.5 Å². The van der Waals surface area contributed by atoms with Gasteiger partial charge in [0.25, 0.3) is 11.5 Å². The van der Waals surface area contributed by atoms with E-state index in [1.54, 1.807) is 62.0 Å². The van der Waals surface area contributed by atoms with Crippen LogP contribution >= 0.6 is 28.3 Å². The van der Waals surface area contributed by atoms with Gasteiger partial charge in [0.05, 0.1) is 25.3 Å². The smallest absolute Gasteiger partial charge is 0.338 e. The zero-order valence-electron chi connectivity index (χ0n) is 19.9. The van der Waals surface area contributed by atoms with Gasteiger partial charge >= 0.3 is 5.97 Å². The SMILES string of the molecule is Br.CCOC(=O)c1ccc(NC(=O)c2cc(=O)n(Cc3cccnc3)c(=NCc3cccnc3)s2)cc1. The third kappa shape index (κ3) is 7.51. The maximum atomic E-state index is 13.1. The largest absolute Gasteiger partial charge is 0.462 e. The van der Waals surface area contributed by atoms with Crippen molar-refractivity contribution in [1.29, 1.82) is 0 Å². The van der Waals surface area contributed by atoms with E-state index in [-0.39, 0.29) is 40.6 Å². The fourth-order valence-electron chi connectivity index (χ4n) is 3.26. The van der Waals surface area contributed by atoms with Crippen LogP contribution in [0.5, 0.6) is 0 Å². The lowest BCUT2D eigenvalue weighted by Gasteiger charge is -2.09. The summed E-state index contributed by atoms with van der Waals surface area (Å²) >= 11 is 1.11. The number of esters is 1. The highest BCUT2D eigenvalue weighted by molar-refractivity contribution is 8.93. The zero-order valence-corrected chi connectivity index (χ0v) is 22.4. The molecule has 0 saturated heterocycles. The molecule has 37 heavy (non-hydrogen) atoms. The molecule has 3 heterocycles.